The van der Waals surface area contributed by atoms with Crippen molar-refractivity contribution in [2.75, 3.05) is 13.1 Å². The van der Waals surface area contributed by atoms with Crippen molar-refractivity contribution < 1.29 is 0 Å². The topological polar surface area (TPSA) is 66.8 Å². The molecule has 0 amide bonds. The number of hydrogen-bond donors (Lipinski definition) is 1. The molecule has 118 valence electrons. The number of H-pyrrole nitrogens is 1. The largest absolute Gasteiger partial charge is 0.309 e. The molecule has 1 aromatic carbocycles. The Morgan fingerprint density at radius 1 is 1.22 bits per heavy atom. The highest BCUT2D eigenvalue weighted by atomic mass is 16.1. The minimum Gasteiger partial charge on any atom is -0.309 e. The molecule has 0 aliphatic carbocycles. The lowest BCUT2D eigenvalue weighted by atomic mass is 10.2. The number of nitrogens with one attached hydrogen (secondary N) is 1. The van der Waals surface area contributed by atoms with E-state index < -0.39 is 0 Å². The molecule has 0 radical (unpaired) electrons. The third kappa shape index (κ3) is 2.77. The van der Waals surface area contributed by atoms with E-state index in [0.717, 1.165) is 43.8 Å². The van der Waals surface area contributed by atoms with E-state index in [1.54, 1.807) is 6.20 Å². The van der Waals surface area contributed by atoms with Gasteiger partial charge in [-0.2, -0.15) is 5.10 Å². The van der Waals surface area contributed by atoms with Crippen LogP contribution in [0.4, 0.5) is 0 Å². The highest BCUT2D eigenvalue weighted by molar-refractivity contribution is 5.77. The van der Waals surface area contributed by atoms with Crippen LogP contribution in [0.3, 0.4) is 0 Å². The molecule has 1 saturated heterocycles. The number of fused-ring (bicyclic) bond motifs is 1. The number of likely N-dealkylation sites (tertiary alicyclic amines) is 1. The standard InChI is InChI=1S/C17H19N5O/c23-17-13-5-1-2-6-14(13)19-16(20-17)15-7-3-9-21(15)11-12-22-10-4-8-18-22/h1-2,4-6,8,10,15H,3,7,9,11-12H2,(H,19,20,23). The van der Waals surface area contributed by atoms with Crippen molar-refractivity contribution in [3.8, 4) is 0 Å². The van der Waals surface area contributed by atoms with E-state index in [1.807, 2.05) is 41.2 Å². The van der Waals surface area contributed by atoms with Crippen molar-refractivity contribution in [1.29, 1.82) is 0 Å². The zero-order chi connectivity index (χ0) is 15.6. The number of aromatic amines is 1. The first kappa shape index (κ1) is 14.1. The fourth-order valence-corrected chi connectivity index (χ4v) is 3.33. The van der Waals surface area contributed by atoms with Gasteiger partial charge >= 0.3 is 0 Å². The van der Waals surface area contributed by atoms with Gasteiger partial charge < -0.3 is 4.98 Å². The van der Waals surface area contributed by atoms with Gasteiger partial charge in [-0.15, -0.1) is 0 Å². The van der Waals surface area contributed by atoms with Gasteiger partial charge in [-0.25, -0.2) is 4.98 Å². The highest BCUT2D eigenvalue weighted by Crippen LogP contribution is 2.29. The summed E-state index contributed by atoms with van der Waals surface area (Å²) in [7, 11) is 0. The van der Waals surface area contributed by atoms with Gasteiger partial charge in [0.15, 0.2) is 0 Å². The van der Waals surface area contributed by atoms with Crippen LogP contribution in [-0.2, 0) is 6.54 Å². The maximum absolute atomic E-state index is 12.3. The molecular weight excluding hydrogens is 290 g/mol. The van der Waals surface area contributed by atoms with E-state index in [2.05, 4.69) is 15.0 Å². The summed E-state index contributed by atoms with van der Waals surface area (Å²) in [6, 6.07) is 9.62. The molecular formula is C17H19N5O. The molecule has 1 N–H and O–H groups in total. The number of para-hydroxylation sites is 1. The molecule has 1 atom stereocenters. The second-order valence-corrected chi connectivity index (χ2v) is 5.93. The molecule has 1 aliphatic rings. The number of aromatic nitrogens is 4. The first-order chi connectivity index (χ1) is 11.3. The molecule has 23 heavy (non-hydrogen) atoms. The number of nitrogens with zero attached hydrogens (tertiary/aromatic N) is 4. The van der Waals surface area contributed by atoms with Crippen LogP contribution in [0.2, 0.25) is 0 Å². The Kier molecular flexibility index (Phi) is 3.67. The Balaban J connectivity index is 1.59. The van der Waals surface area contributed by atoms with E-state index >= 15 is 0 Å². The smallest absolute Gasteiger partial charge is 0.258 e. The van der Waals surface area contributed by atoms with E-state index in [4.69, 9.17) is 4.98 Å². The Labute approximate surface area is 133 Å². The first-order valence-corrected chi connectivity index (χ1v) is 8.02. The van der Waals surface area contributed by atoms with Crippen LogP contribution < -0.4 is 5.56 Å². The van der Waals surface area contributed by atoms with Crippen LogP contribution in [0.1, 0.15) is 24.7 Å². The van der Waals surface area contributed by atoms with Crippen LogP contribution in [0.15, 0.2) is 47.5 Å². The van der Waals surface area contributed by atoms with Crippen molar-refractivity contribution in [2.24, 2.45) is 0 Å². The molecule has 3 heterocycles. The molecule has 3 aromatic rings. The second-order valence-electron chi connectivity index (χ2n) is 5.93. The molecule has 6 nitrogen and oxygen atoms in total. The summed E-state index contributed by atoms with van der Waals surface area (Å²) in [5.74, 6) is 0.784. The average molecular weight is 309 g/mol. The van der Waals surface area contributed by atoms with Gasteiger partial charge in [0.05, 0.1) is 23.5 Å². The summed E-state index contributed by atoms with van der Waals surface area (Å²) >= 11 is 0. The van der Waals surface area contributed by atoms with Crippen molar-refractivity contribution in [3.05, 3.63) is 58.9 Å². The predicted molar refractivity (Wildman–Crippen MR) is 88.1 cm³/mol. The van der Waals surface area contributed by atoms with Crippen LogP contribution >= 0.6 is 0 Å². The zero-order valence-corrected chi connectivity index (χ0v) is 12.9. The van der Waals surface area contributed by atoms with Gasteiger partial charge in [0.25, 0.3) is 5.56 Å². The van der Waals surface area contributed by atoms with Gasteiger partial charge in [-0.3, -0.25) is 14.4 Å². The minimum atomic E-state index is -0.0514. The highest BCUT2D eigenvalue weighted by Gasteiger charge is 2.28. The predicted octanol–water partition coefficient (Wildman–Crippen LogP) is 1.96. The molecule has 1 fully saturated rings. The number of hydrogen-bond acceptors (Lipinski definition) is 4. The lowest BCUT2D eigenvalue weighted by molar-refractivity contribution is 0.235. The minimum absolute atomic E-state index is 0.0514. The third-order valence-electron chi connectivity index (χ3n) is 4.49. The molecule has 0 saturated carbocycles. The summed E-state index contributed by atoms with van der Waals surface area (Å²) < 4.78 is 1.94. The van der Waals surface area contributed by atoms with Gasteiger partial charge in [-0.05, 0) is 37.6 Å². The van der Waals surface area contributed by atoms with Crippen LogP contribution in [0.25, 0.3) is 10.9 Å². The second kappa shape index (κ2) is 5.96. The third-order valence-corrected chi connectivity index (χ3v) is 4.49. The Hall–Kier alpha value is -2.47. The fraction of sp³-hybridized carbons (Fsp3) is 0.353. The number of benzene rings is 1. The molecule has 1 aliphatic heterocycles. The monoisotopic (exact) mass is 309 g/mol. The molecule has 2 aromatic heterocycles. The zero-order valence-electron chi connectivity index (χ0n) is 12.9. The summed E-state index contributed by atoms with van der Waals surface area (Å²) in [5, 5.41) is 4.90. The Morgan fingerprint density at radius 3 is 3.00 bits per heavy atom. The van der Waals surface area contributed by atoms with Crippen molar-refractivity contribution in [2.45, 2.75) is 25.4 Å². The van der Waals surface area contributed by atoms with Gasteiger partial charge in [0, 0.05) is 18.9 Å². The lowest BCUT2D eigenvalue weighted by Gasteiger charge is -2.23. The van der Waals surface area contributed by atoms with Crippen molar-refractivity contribution in [1.82, 2.24) is 24.6 Å². The van der Waals surface area contributed by atoms with Crippen LogP contribution in [-0.4, -0.2) is 37.7 Å². The Bertz CT molecular complexity index is 855. The lowest BCUT2D eigenvalue weighted by Crippen LogP contribution is -2.29. The van der Waals surface area contributed by atoms with Gasteiger partial charge in [0.1, 0.15) is 5.82 Å². The SMILES string of the molecule is O=c1[nH]c(C2CCCN2CCn2cccn2)nc2ccccc12. The maximum Gasteiger partial charge on any atom is 0.258 e. The van der Waals surface area contributed by atoms with E-state index in [0.29, 0.717) is 5.39 Å². The quantitative estimate of drug-likeness (QED) is 0.800. The summed E-state index contributed by atoms with van der Waals surface area (Å²) in [4.78, 5) is 22.3. The summed E-state index contributed by atoms with van der Waals surface area (Å²) in [5.41, 5.74) is 0.717. The van der Waals surface area contributed by atoms with Gasteiger partial charge in [0.2, 0.25) is 0 Å². The Morgan fingerprint density at radius 2 is 2.13 bits per heavy atom. The fourth-order valence-electron chi connectivity index (χ4n) is 3.33. The molecule has 1 unspecified atom stereocenters. The average Bonchev–Trinajstić information content (AvgIpc) is 3.24. The first-order valence-electron chi connectivity index (χ1n) is 8.02. The normalized spacial score (nSPS) is 18.7. The van der Waals surface area contributed by atoms with Crippen molar-refractivity contribution >= 4 is 10.9 Å². The van der Waals surface area contributed by atoms with Gasteiger partial charge in [-0.1, -0.05) is 12.1 Å². The molecule has 0 spiro atoms. The van der Waals surface area contributed by atoms with E-state index in [1.165, 1.54) is 0 Å². The maximum atomic E-state index is 12.3. The molecule has 0 bridgehead atoms. The van der Waals surface area contributed by atoms with Crippen molar-refractivity contribution in [3.63, 3.8) is 0 Å². The summed E-state index contributed by atoms with van der Waals surface area (Å²) in [6.45, 7) is 2.78. The van der Waals surface area contributed by atoms with Crippen LogP contribution in [0, 0.1) is 0 Å². The van der Waals surface area contributed by atoms with E-state index in [-0.39, 0.29) is 11.6 Å². The molecule has 6 heteroatoms. The number of rotatable bonds is 4. The van der Waals surface area contributed by atoms with E-state index in [9.17, 15) is 4.79 Å². The molecule has 4 rings (SSSR count). The van der Waals surface area contributed by atoms with Crippen LogP contribution in [0.5, 0.6) is 0 Å². The summed E-state index contributed by atoms with van der Waals surface area (Å²) in [6.07, 6.45) is 5.92.